The first-order valence-corrected chi connectivity index (χ1v) is 13.5. The molecule has 2 rings (SSSR count). The number of benzene rings is 2. The van der Waals surface area contributed by atoms with Gasteiger partial charge in [0.2, 0.25) is 0 Å². The second kappa shape index (κ2) is 12.5. The molecule has 170 valence electrons. The number of ketones is 3. The van der Waals surface area contributed by atoms with Crippen LogP contribution in [0.5, 0.6) is 0 Å². The number of hydrogen-bond acceptors (Lipinski definition) is 6. The van der Waals surface area contributed by atoms with E-state index < -0.39 is 19.7 Å². The Morgan fingerprint density at radius 3 is 2.00 bits per heavy atom. The van der Waals surface area contributed by atoms with Crippen LogP contribution in [0.3, 0.4) is 0 Å². The summed E-state index contributed by atoms with van der Waals surface area (Å²) in [6.45, 7) is 2.93. The van der Waals surface area contributed by atoms with E-state index in [2.05, 4.69) is 20.7 Å². The second-order valence-corrected chi connectivity index (χ2v) is 11.7. The summed E-state index contributed by atoms with van der Waals surface area (Å²) in [6, 6.07) is 15.8. The first-order chi connectivity index (χ1) is 15.3. The number of carbonyl (C=O) groups excluding carboxylic acids is 4. The molecule has 0 unspecified atom stereocenters. The van der Waals surface area contributed by atoms with Crippen molar-refractivity contribution in [2.45, 2.75) is 26.7 Å². The molecule has 0 radical (unpaired) electrons. The van der Waals surface area contributed by atoms with Gasteiger partial charge in [-0.2, -0.15) is 0 Å². The van der Waals surface area contributed by atoms with Crippen LogP contribution >= 0.6 is 23.3 Å². The van der Waals surface area contributed by atoms with Crippen LogP contribution < -0.4 is 0 Å². The molecule has 0 bridgehead atoms. The molecule has 0 atom stereocenters. The van der Waals surface area contributed by atoms with E-state index in [1.165, 1.54) is 6.21 Å². The first-order valence-electron chi connectivity index (χ1n) is 10.4. The van der Waals surface area contributed by atoms with Gasteiger partial charge in [0.25, 0.3) is 0 Å². The molecular formula is C24H27BrNO5P. The zero-order chi connectivity index (χ0) is 23.6. The number of nitrogens with zero attached hydrogens (tertiary/aromatic N) is 1. The topological polar surface area (TPSA) is 89.9 Å². The molecular weight excluding hydrogens is 493 g/mol. The molecule has 0 N–H and O–H groups in total. The Morgan fingerprint density at radius 1 is 0.906 bits per heavy atom. The summed E-state index contributed by atoms with van der Waals surface area (Å²) in [4.78, 5) is 50.5. The summed E-state index contributed by atoms with van der Waals surface area (Å²) in [6.07, 6.45) is 1.70. The van der Waals surface area contributed by atoms with E-state index in [0.717, 1.165) is 10.0 Å². The van der Waals surface area contributed by atoms with E-state index in [9.17, 15) is 19.2 Å². The molecule has 0 aromatic heterocycles. The minimum absolute atomic E-state index is 0.135. The van der Waals surface area contributed by atoms with Crippen LogP contribution in [0.25, 0.3) is 0 Å². The van der Waals surface area contributed by atoms with Crippen molar-refractivity contribution in [2.24, 2.45) is 4.76 Å². The van der Waals surface area contributed by atoms with Crippen molar-refractivity contribution in [3.8, 4) is 0 Å². The van der Waals surface area contributed by atoms with Crippen LogP contribution in [0, 0.1) is 0 Å². The molecule has 0 amide bonds. The summed E-state index contributed by atoms with van der Waals surface area (Å²) >= 11 is 3.31. The summed E-state index contributed by atoms with van der Waals surface area (Å²) in [5.74, 6) is -0.701. The molecule has 0 saturated heterocycles. The van der Waals surface area contributed by atoms with Gasteiger partial charge in [0.1, 0.15) is 0 Å². The number of ether oxygens (including phenoxy) is 1. The first kappa shape index (κ1) is 25.8. The van der Waals surface area contributed by atoms with Gasteiger partial charge in [-0.15, -0.1) is 0 Å². The summed E-state index contributed by atoms with van der Waals surface area (Å²) < 4.78 is 10.7. The molecule has 0 aliphatic carbocycles. The SMILES string of the molecule is CCC(=O)C[PH](CC(=O)CC)(N=Cc1ccccc1)C(=O)OCC(=O)c1ccc(Br)cc1. The molecule has 8 heteroatoms. The van der Waals surface area contributed by atoms with Gasteiger partial charge in [0, 0.05) is 0 Å². The minimum atomic E-state index is -3.58. The monoisotopic (exact) mass is 519 g/mol. The van der Waals surface area contributed by atoms with Gasteiger partial charge in [-0.1, -0.05) is 0 Å². The van der Waals surface area contributed by atoms with Gasteiger partial charge in [0.05, 0.1) is 0 Å². The van der Waals surface area contributed by atoms with Crippen molar-refractivity contribution in [1.29, 1.82) is 0 Å². The van der Waals surface area contributed by atoms with E-state index in [4.69, 9.17) is 4.74 Å². The Kier molecular flexibility index (Phi) is 10.1. The van der Waals surface area contributed by atoms with Crippen LogP contribution in [0.4, 0.5) is 4.79 Å². The summed E-state index contributed by atoms with van der Waals surface area (Å²) in [5, 5.41) is 0. The fraction of sp³-hybridized carbons (Fsp3) is 0.292. The molecule has 0 aliphatic heterocycles. The van der Waals surface area contributed by atoms with Crippen LogP contribution in [-0.4, -0.2) is 48.2 Å². The predicted octanol–water partition coefficient (Wildman–Crippen LogP) is 5.51. The molecule has 0 saturated carbocycles. The quantitative estimate of drug-likeness (QED) is 0.209. The van der Waals surface area contributed by atoms with E-state index in [1.54, 1.807) is 38.1 Å². The van der Waals surface area contributed by atoms with Gasteiger partial charge < -0.3 is 0 Å². The van der Waals surface area contributed by atoms with Crippen molar-refractivity contribution in [1.82, 2.24) is 0 Å². The molecule has 0 aliphatic rings. The van der Waals surface area contributed by atoms with Crippen molar-refractivity contribution >= 4 is 52.6 Å². The third-order valence-corrected chi connectivity index (χ3v) is 8.92. The van der Waals surface area contributed by atoms with E-state index in [1.807, 2.05) is 30.3 Å². The molecule has 2 aromatic rings. The van der Waals surface area contributed by atoms with Gasteiger partial charge in [0.15, 0.2) is 0 Å². The fourth-order valence-electron chi connectivity index (χ4n) is 2.97. The normalized spacial score (nSPS) is 11.8. The average molecular weight is 520 g/mol. The predicted molar refractivity (Wildman–Crippen MR) is 133 cm³/mol. The maximum atomic E-state index is 13.2. The molecule has 2 aromatic carbocycles. The molecule has 0 fully saturated rings. The summed E-state index contributed by atoms with van der Waals surface area (Å²) in [5.41, 5.74) is 0.421. The number of Topliss-reactive ketones (excluding diaryl/α,β-unsaturated/α-hetero) is 3. The Balaban J connectivity index is 2.32. The van der Waals surface area contributed by atoms with Crippen molar-refractivity contribution in [2.75, 3.05) is 18.9 Å². The van der Waals surface area contributed by atoms with Gasteiger partial charge >= 0.3 is 197 Å². The summed E-state index contributed by atoms with van der Waals surface area (Å²) in [7, 11) is -3.58. The Hall–Kier alpha value is -2.50. The Labute approximate surface area is 197 Å². The fourth-order valence-corrected chi connectivity index (χ4v) is 6.48. The van der Waals surface area contributed by atoms with Gasteiger partial charge in [-0.25, -0.2) is 0 Å². The van der Waals surface area contributed by atoms with Crippen LogP contribution in [0.15, 0.2) is 63.8 Å². The number of halogens is 1. The zero-order valence-electron chi connectivity index (χ0n) is 18.2. The molecule has 6 nitrogen and oxygen atoms in total. The van der Waals surface area contributed by atoms with Crippen molar-refractivity contribution in [3.63, 3.8) is 0 Å². The van der Waals surface area contributed by atoms with E-state index in [-0.39, 0.29) is 42.5 Å². The van der Waals surface area contributed by atoms with Crippen molar-refractivity contribution in [3.05, 3.63) is 70.2 Å². The standard InChI is InChI=1S/C24H27BrNO5P/c1-3-21(27)16-32(17-22(28)4-2,26-14-18-8-6-5-7-9-18)24(30)31-15-23(29)19-10-12-20(25)13-11-19/h5-14,32H,3-4,15-17H2,1-2H3. The van der Waals surface area contributed by atoms with Crippen LogP contribution in [0.2, 0.25) is 0 Å². The van der Waals surface area contributed by atoms with E-state index >= 15 is 0 Å². The molecule has 32 heavy (non-hydrogen) atoms. The number of rotatable bonds is 12. The third-order valence-electron chi connectivity index (χ3n) is 4.91. The van der Waals surface area contributed by atoms with Gasteiger partial charge in [-0.05, 0) is 0 Å². The van der Waals surface area contributed by atoms with Gasteiger partial charge in [-0.3, -0.25) is 0 Å². The Morgan fingerprint density at radius 2 is 1.47 bits per heavy atom. The van der Waals surface area contributed by atoms with Crippen molar-refractivity contribution < 1.29 is 23.9 Å². The average Bonchev–Trinajstić information content (AvgIpc) is 2.81. The Bertz CT molecular complexity index is 971. The molecule has 0 heterocycles. The van der Waals surface area contributed by atoms with E-state index in [0.29, 0.717) is 5.56 Å². The third kappa shape index (κ3) is 7.57. The zero-order valence-corrected chi connectivity index (χ0v) is 20.8. The second-order valence-electron chi connectivity index (χ2n) is 7.34. The number of carbonyl (C=O) groups is 4. The number of hydrogen-bond donors (Lipinski definition) is 0. The maximum absolute atomic E-state index is 13.2. The molecule has 0 spiro atoms. The van der Waals surface area contributed by atoms with Crippen LogP contribution in [0.1, 0.15) is 42.6 Å². The van der Waals surface area contributed by atoms with Crippen LogP contribution in [-0.2, 0) is 14.3 Å².